The second-order valence-electron chi connectivity index (χ2n) is 17.8. The van der Waals surface area contributed by atoms with Gasteiger partial charge < -0.3 is 22.8 Å². The minimum absolute atomic E-state index is 0.139. The first kappa shape index (κ1) is 39.8. The third kappa shape index (κ3) is 8.05. The summed E-state index contributed by atoms with van der Waals surface area (Å²) in [5.41, 5.74) is -0.463. The van der Waals surface area contributed by atoms with E-state index in [9.17, 15) is 4.79 Å². The predicted molar refractivity (Wildman–Crippen MR) is 196 cm³/mol. The molecule has 2 aromatic rings. The topological polar surface area (TPSA) is 81.0 Å². The van der Waals surface area contributed by atoms with Crippen molar-refractivity contribution in [1.29, 1.82) is 0 Å². The Balaban J connectivity index is 2.27. The minimum Gasteiger partial charge on any atom is -0.438 e. The molecule has 1 saturated heterocycles. The van der Waals surface area contributed by atoms with E-state index in [0.29, 0.717) is 5.75 Å². The summed E-state index contributed by atoms with van der Waals surface area (Å²) in [6.45, 7) is 34.7. The maximum Gasteiger partial charge on any atom is 0.353 e. The number of benzene rings is 1. The Hall–Kier alpha value is -1.68. The normalized spacial score (nSPS) is 23.3. The largest absolute Gasteiger partial charge is 0.438 e. The van der Waals surface area contributed by atoms with Crippen LogP contribution in [0.5, 0.6) is 11.6 Å². The van der Waals surface area contributed by atoms with Gasteiger partial charge in [0, 0.05) is 12.3 Å². The number of rotatable bonds is 10. The molecule has 47 heavy (non-hydrogen) atoms. The van der Waals surface area contributed by atoms with Gasteiger partial charge in [-0.15, -0.1) is 0 Å². The lowest BCUT2D eigenvalue weighted by atomic mass is 10.0. The number of halogens is 1. The van der Waals surface area contributed by atoms with Gasteiger partial charge in [0.15, 0.2) is 36.8 Å². The van der Waals surface area contributed by atoms with Crippen LogP contribution in [0.2, 0.25) is 54.4 Å². The number of hydrogen-bond donors (Lipinski definition) is 0. The number of hydrogen-bond acceptors (Lipinski definition) is 7. The van der Waals surface area contributed by atoms with Gasteiger partial charge in [-0.3, -0.25) is 4.57 Å². The molecule has 0 aliphatic carbocycles. The van der Waals surface area contributed by atoms with Gasteiger partial charge in [0.2, 0.25) is 5.88 Å². The molecular formula is C35H61FN2O6Si3. The van der Waals surface area contributed by atoms with Crippen molar-refractivity contribution < 1.29 is 27.1 Å². The fourth-order valence-electron chi connectivity index (χ4n) is 4.70. The quantitative estimate of drug-likeness (QED) is 0.228. The van der Waals surface area contributed by atoms with E-state index in [0.717, 1.165) is 11.1 Å². The Bertz CT molecular complexity index is 1470. The highest BCUT2D eigenvalue weighted by Crippen LogP contribution is 2.51. The minimum atomic E-state index is -2.71. The summed E-state index contributed by atoms with van der Waals surface area (Å²) in [5, 5.41) is -0.701. The average Bonchev–Trinajstić information content (AvgIpc) is 3.14. The molecule has 12 heteroatoms. The number of aryl methyl sites for hydroxylation is 2. The van der Waals surface area contributed by atoms with Gasteiger partial charge in [0.25, 0.3) is 5.85 Å². The van der Waals surface area contributed by atoms with Crippen LogP contribution in [-0.2, 0) is 23.7 Å². The van der Waals surface area contributed by atoms with Crippen molar-refractivity contribution in [1.82, 2.24) is 9.55 Å². The van der Waals surface area contributed by atoms with Crippen molar-refractivity contribution in [2.24, 2.45) is 0 Å². The van der Waals surface area contributed by atoms with Crippen LogP contribution in [0, 0.1) is 13.8 Å². The monoisotopic (exact) mass is 708 g/mol. The van der Waals surface area contributed by atoms with E-state index >= 15 is 4.39 Å². The number of aromatic nitrogens is 2. The molecule has 0 amide bonds. The van der Waals surface area contributed by atoms with Gasteiger partial charge in [-0.25, -0.2) is 9.18 Å². The van der Waals surface area contributed by atoms with Gasteiger partial charge in [-0.2, -0.15) is 4.98 Å². The molecule has 0 bridgehead atoms. The fraction of sp³-hybridized carbons (Fsp3) is 0.714. The van der Waals surface area contributed by atoms with E-state index < -0.39 is 48.3 Å². The first-order valence-electron chi connectivity index (χ1n) is 16.7. The first-order valence-corrected chi connectivity index (χ1v) is 25.4. The van der Waals surface area contributed by atoms with Crippen LogP contribution in [0.15, 0.2) is 35.3 Å². The van der Waals surface area contributed by atoms with E-state index in [2.05, 4.69) is 107 Å². The van der Waals surface area contributed by atoms with Crippen molar-refractivity contribution in [2.75, 3.05) is 13.2 Å². The molecule has 3 atom stereocenters. The van der Waals surface area contributed by atoms with Crippen LogP contribution in [0.4, 0.5) is 4.39 Å². The summed E-state index contributed by atoms with van der Waals surface area (Å²) in [7, 11) is -7.81. The molecule has 0 radical (unpaired) electrons. The van der Waals surface area contributed by atoms with Gasteiger partial charge in [-0.05, 0) is 79.4 Å². The van der Waals surface area contributed by atoms with E-state index in [-0.39, 0.29) is 34.2 Å². The van der Waals surface area contributed by atoms with Crippen LogP contribution >= 0.6 is 0 Å². The van der Waals surface area contributed by atoms with Crippen molar-refractivity contribution >= 4 is 25.0 Å². The molecule has 1 aliphatic rings. The zero-order valence-electron chi connectivity index (χ0n) is 32.1. The molecule has 0 spiro atoms. The molecule has 8 nitrogen and oxygen atoms in total. The Morgan fingerprint density at radius 3 is 1.85 bits per heavy atom. The second-order valence-corrected chi connectivity index (χ2v) is 32.1. The lowest BCUT2D eigenvalue weighted by Gasteiger charge is -2.49. The molecule has 1 fully saturated rings. The highest BCUT2D eigenvalue weighted by molar-refractivity contribution is 6.75. The maximum atomic E-state index is 17.8. The van der Waals surface area contributed by atoms with Gasteiger partial charge in [0.1, 0.15) is 12.4 Å². The van der Waals surface area contributed by atoms with Crippen LogP contribution < -0.4 is 10.4 Å². The molecule has 0 N–H and O–H groups in total. The number of alkyl halides is 1. The number of nitrogens with zero attached hydrogens (tertiary/aromatic N) is 2. The zero-order chi connectivity index (χ0) is 36.2. The standard InChI is InChI=1S/C35H61FN2O6Si3/c1-25-19-18-20-26(2)28(25)42-27-21-22-38(30(39)37-27)35(44-47(16,17)33(9,10)11)24-40-34(36,23-41-45(12,13)31(3,4)5)29(35)43-46(14,15)32(6,7)8/h18-22,29H,23-24H2,1-17H3/t29?,34-,35+/m1/s1. The summed E-state index contributed by atoms with van der Waals surface area (Å²) >= 11 is 0. The average molecular weight is 709 g/mol. The second kappa shape index (κ2) is 12.9. The van der Waals surface area contributed by atoms with Crippen molar-refractivity contribution in [3.8, 4) is 11.6 Å². The fourth-order valence-corrected chi connectivity index (χ4v) is 8.44. The molecular weight excluding hydrogens is 648 g/mol. The predicted octanol–water partition coefficient (Wildman–Crippen LogP) is 9.44. The van der Waals surface area contributed by atoms with E-state index in [1.807, 2.05) is 32.0 Å². The van der Waals surface area contributed by atoms with Gasteiger partial charge >= 0.3 is 5.69 Å². The third-order valence-corrected chi connectivity index (χ3v) is 24.4. The molecule has 1 aliphatic heterocycles. The van der Waals surface area contributed by atoms with E-state index in [1.54, 1.807) is 12.3 Å². The van der Waals surface area contributed by atoms with Gasteiger partial charge in [-0.1, -0.05) is 80.5 Å². The van der Waals surface area contributed by atoms with Crippen LogP contribution in [0.3, 0.4) is 0 Å². The summed E-state index contributed by atoms with van der Waals surface area (Å²) in [5.74, 6) is -1.63. The Labute approximate surface area is 286 Å². The molecule has 1 aromatic carbocycles. The van der Waals surface area contributed by atoms with Crippen LogP contribution in [0.1, 0.15) is 73.4 Å². The van der Waals surface area contributed by atoms with Crippen LogP contribution in [-0.4, -0.2) is 59.7 Å². The number of ether oxygens (including phenoxy) is 2. The maximum absolute atomic E-state index is 17.8. The highest BCUT2D eigenvalue weighted by atomic mass is 28.4. The molecule has 3 rings (SSSR count). The molecule has 2 heterocycles. The molecule has 1 unspecified atom stereocenters. The smallest absolute Gasteiger partial charge is 0.353 e. The lowest BCUT2D eigenvalue weighted by Crippen LogP contribution is -2.65. The van der Waals surface area contributed by atoms with E-state index in [1.165, 1.54) is 4.57 Å². The summed E-state index contributed by atoms with van der Waals surface area (Å²) in [6, 6.07) is 7.46. The third-order valence-electron chi connectivity index (χ3n) is 11.0. The van der Waals surface area contributed by atoms with E-state index in [4.69, 9.17) is 22.8 Å². The molecule has 0 saturated carbocycles. The molecule has 1 aromatic heterocycles. The SMILES string of the molecule is Cc1cccc(C)c1Oc1ccn([C@]2(O[Si](C)(C)C(C)(C)C)CO[C@](F)(CO[Si](C)(C)C(C)(C)C)C2O[Si](C)(C)C(C)(C)C)c(=O)n1. The summed E-state index contributed by atoms with van der Waals surface area (Å²) < 4.78 is 52.2. The Morgan fingerprint density at radius 2 is 1.38 bits per heavy atom. The first-order chi connectivity index (χ1) is 21.0. The Morgan fingerprint density at radius 1 is 0.872 bits per heavy atom. The zero-order valence-corrected chi connectivity index (χ0v) is 35.1. The Kier molecular flexibility index (Phi) is 10.9. The number of para-hydroxylation sites is 1. The lowest BCUT2D eigenvalue weighted by molar-refractivity contribution is -0.185. The van der Waals surface area contributed by atoms with Crippen molar-refractivity contribution in [3.63, 3.8) is 0 Å². The summed E-state index contributed by atoms with van der Waals surface area (Å²) in [4.78, 5) is 18.5. The molecule has 266 valence electrons. The van der Waals surface area contributed by atoms with Crippen molar-refractivity contribution in [3.05, 3.63) is 52.1 Å². The van der Waals surface area contributed by atoms with Crippen LogP contribution in [0.25, 0.3) is 0 Å². The van der Waals surface area contributed by atoms with Gasteiger partial charge in [0.05, 0.1) is 6.61 Å². The summed E-state index contributed by atoms with van der Waals surface area (Å²) in [6.07, 6.45) is 0.261. The highest BCUT2D eigenvalue weighted by Gasteiger charge is 2.67. The van der Waals surface area contributed by atoms with Crippen molar-refractivity contribution in [2.45, 2.75) is 148 Å².